The fraction of sp³-hybridized carbons (Fsp3) is 0.455. The van der Waals surface area contributed by atoms with Gasteiger partial charge in [0.2, 0.25) is 0 Å². The van der Waals surface area contributed by atoms with Gasteiger partial charge in [0.1, 0.15) is 10.3 Å². The van der Waals surface area contributed by atoms with Crippen molar-refractivity contribution in [2.75, 3.05) is 0 Å². The Morgan fingerprint density at radius 2 is 2.47 bits per heavy atom. The number of amides is 1. The average molecular weight is 269 g/mol. The standard InChI is InChI=1S/C11H13BrN2O/c1-2-7-6-9(7)14-11(15)8-4-3-5-10(12)13-8/h3-5,7,9H,2,6H2,1H3,(H,14,15). The Morgan fingerprint density at radius 3 is 3.07 bits per heavy atom. The molecule has 1 aromatic rings. The van der Waals surface area contributed by atoms with Gasteiger partial charge in [-0.2, -0.15) is 0 Å². The smallest absolute Gasteiger partial charge is 0.270 e. The zero-order valence-electron chi connectivity index (χ0n) is 8.53. The van der Waals surface area contributed by atoms with E-state index < -0.39 is 0 Å². The van der Waals surface area contributed by atoms with Crippen molar-refractivity contribution in [2.45, 2.75) is 25.8 Å². The first-order valence-corrected chi connectivity index (χ1v) is 5.93. The molecule has 80 valence electrons. The Hall–Kier alpha value is -0.900. The Labute approximate surface area is 97.4 Å². The van der Waals surface area contributed by atoms with Crippen molar-refractivity contribution in [2.24, 2.45) is 5.92 Å². The molecule has 3 nitrogen and oxygen atoms in total. The van der Waals surface area contributed by atoms with Crippen LogP contribution in [0.15, 0.2) is 22.8 Å². The fourth-order valence-corrected chi connectivity index (χ4v) is 2.00. The van der Waals surface area contributed by atoms with Gasteiger partial charge in [0.05, 0.1) is 0 Å². The van der Waals surface area contributed by atoms with Crippen LogP contribution < -0.4 is 5.32 Å². The second-order valence-corrected chi connectivity index (χ2v) is 4.64. The summed E-state index contributed by atoms with van der Waals surface area (Å²) in [5, 5.41) is 2.98. The quantitative estimate of drug-likeness (QED) is 0.856. The minimum Gasteiger partial charge on any atom is -0.348 e. The van der Waals surface area contributed by atoms with Gasteiger partial charge >= 0.3 is 0 Å². The molecule has 1 fully saturated rings. The van der Waals surface area contributed by atoms with Crippen LogP contribution in [0.25, 0.3) is 0 Å². The molecule has 0 spiro atoms. The molecule has 0 bridgehead atoms. The lowest BCUT2D eigenvalue weighted by molar-refractivity contribution is 0.0944. The van der Waals surface area contributed by atoms with Crippen molar-refractivity contribution in [3.63, 3.8) is 0 Å². The predicted octanol–water partition coefficient (Wildman–Crippen LogP) is 2.37. The number of pyridine rings is 1. The molecule has 1 aliphatic carbocycles. The highest BCUT2D eigenvalue weighted by atomic mass is 79.9. The third-order valence-corrected chi connectivity index (χ3v) is 3.15. The van der Waals surface area contributed by atoms with E-state index in [1.165, 1.54) is 0 Å². The summed E-state index contributed by atoms with van der Waals surface area (Å²) in [7, 11) is 0. The Kier molecular flexibility index (Phi) is 3.05. The highest BCUT2D eigenvalue weighted by molar-refractivity contribution is 9.10. The summed E-state index contributed by atoms with van der Waals surface area (Å²) in [6, 6.07) is 5.71. The summed E-state index contributed by atoms with van der Waals surface area (Å²) < 4.78 is 0.693. The Morgan fingerprint density at radius 1 is 1.67 bits per heavy atom. The highest BCUT2D eigenvalue weighted by Crippen LogP contribution is 2.33. The molecule has 2 unspecified atom stereocenters. The lowest BCUT2D eigenvalue weighted by Gasteiger charge is -2.03. The monoisotopic (exact) mass is 268 g/mol. The molecule has 0 radical (unpaired) electrons. The largest absolute Gasteiger partial charge is 0.348 e. The summed E-state index contributed by atoms with van der Waals surface area (Å²) in [6.07, 6.45) is 2.24. The van der Waals surface area contributed by atoms with Crippen LogP contribution in [0.3, 0.4) is 0 Å². The van der Waals surface area contributed by atoms with E-state index in [-0.39, 0.29) is 5.91 Å². The molecule has 1 amide bonds. The molecule has 2 atom stereocenters. The highest BCUT2D eigenvalue weighted by Gasteiger charge is 2.36. The van der Waals surface area contributed by atoms with Crippen LogP contribution in [-0.2, 0) is 0 Å². The molecule has 0 saturated heterocycles. The second-order valence-electron chi connectivity index (χ2n) is 3.83. The van der Waals surface area contributed by atoms with Gasteiger partial charge in [0, 0.05) is 6.04 Å². The van der Waals surface area contributed by atoms with Crippen LogP contribution in [-0.4, -0.2) is 16.9 Å². The first-order chi connectivity index (χ1) is 7.20. The molecule has 0 aromatic carbocycles. The van der Waals surface area contributed by atoms with E-state index in [0.717, 1.165) is 12.8 Å². The van der Waals surface area contributed by atoms with Crippen LogP contribution in [0.4, 0.5) is 0 Å². The molecule has 0 aliphatic heterocycles. The lowest BCUT2D eigenvalue weighted by Crippen LogP contribution is -2.27. The summed E-state index contributed by atoms with van der Waals surface area (Å²) in [4.78, 5) is 15.8. The number of rotatable bonds is 3. The first kappa shape index (κ1) is 10.6. The summed E-state index contributed by atoms with van der Waals surface area (Å²) in [6.45, 7) is 2.15. The molecule has 1 saturated carbocycles. The summed E-state index contributed by atoms with van der Waals surface area (Å²) in [5.74, 6) is 0.596. The molecule has 4 heteroatoms. The number of nitrogens with one attached hydrogen (secondary N) is 1. The van der Waals surface area contributed by atoms with Crippen molar-refractivity contribution < 1.29 is 4.79 Å². The van der Waals surface area contributed by atoms with Gasteiger partial charge in [-0.3, -0.25) is 4.79 Å². The lowest BCUT2D eigenvalue weighted by atomic mass is 10.3. The zero-order valence-corrected chi connectivity index (χ0v) is 10.1. The fourth-order valence-electron chi connectivity index (χ4n) is 1.65. The van der Waals surface area contributed by atoms with Crippen molar-refractivity contribution in [3.05, 3.63) is 28.5 Å². The number of aromatic nitrogens is 1. The molecule has 2 rings (SSSR count). The van der Waals surface area contributed by atoms with E-state index in [0.29, 0.717) is 22.3 Å². The third-order valence-electron chi connectivity index (χ3n) is 2.71. The topological polar surface area (TPSA) is 42.0 Å². The van der Waals surface area contributed by atoms with Crippen LogP contribution in [0.1, 0.15) is 30.3 Å². The Balaban J connectivity index is 1.97. The molecule has 1 aliphatic rings. The van der Waals surface area contributed by atoms with Crippen LogP contribution in [0, 0.1) is 5.92 Å². The van der Waals surface area contributed by atoms with Crippen molar-refractivity contribution in [1.29, 1.82) is 0 Å². The van der Waals surface area contributed by atoms with E-state index in [4.69, 9.17) is 0 Å². The molecular weight excluding hydrogens is 256 g/mol. The zero-order chi connectivity index (χ0) is 10.8. The average Bonchev–Trinajstić information content (AvgIpc) is 2.96. The van der Waals surface area contributed by atoms with E-state index in [9.17, 15) is 4.79 Å². The normalized spacial score (nSPS) is 23.6. The van der Waals surface area contributed by atoms with Gasteiger partial charge in [-0.15, -0.1) is 0 Å². The van der Waals surface area contributed by atoms with Gasteiger partial charge in [-0.25, -0.2) is 4.98 Å². The van der Waals surface area contributed by atoms with Gasteiger partial charge in [0.15, 0.2) is 0 Å². The molecule has 1 heterocycles. The molecular formula is C11H13BrN2O. The maximum atomic E-state index is 11.7. The first-order valence-electron chi connectivity index (χ1n) is 5.14. The summed E-state index contributed by atoms with van der Waals surface area (Å²) >= 11 is 3.25. The van der Waals surface area contributed by atoms with E-state index in [1.807, 2.05) is 12.1 Å². The van der Waals surface area contributed by atoms with Gasteiger partial charge in [-0.05, 0) is 40.4 Å². The van der Waals surface area contributed by atoms with Gasteiger partial charge < -0.3 is 5.32 Å². The van der Waals surface area contributed by atoms with Gasteiger partial charge in [0.25, 0.3) is 5.91 Å². The number of hydrogen-bond donors (Lipinski definition) is 1. The predicted molar refractivity (Wildman–Crippen MR) is 61.6 cm³/mol. The van der Waals surface area contributed by atoms with Gasteiger partial charge in [-0.1, -0.05) is 19.4 Å². The minimum absolute atomic E-state index is 0.0720. The number of carbonyl (C=O) groups excluding carboxylic acids is 1. The van der Waals surface area contributed by atoms with Crippen molar-refractivity contribution in [3.8, 4) is 0 Å². The summed E-state index contributed by atoms with van der Waals surface area (Å²) in [5.41, 5.74) is 0.478. The van der Waals surface area contributed by atoms with Crippen LogP contribution >= 0.6 is 15.9 Å². The Bertz CT molecular complexity index is 381. The molecule has 1 aromatic heterocycles. The van der Waals surface area contributed by atoms with E-state index in [1.54, 1.807) is 6.07 Å². The van der Waals surface area contributed by atoms with Crippen LogP contribution in [0.5, 0.6) is 0 Å². The number of halogens is 1. The van der Waals surface area contributed by atoms with Crippen LogP contribution in [0.2, 0.25) is 0 Å². The second kappa shape index (κ2) is 4.31. The van der Waals surface area contributed by atoms with E-state index in [2.05, 4.69) is 33.2 Å². The maximum Gasteiger partial charge on any atom is 0.270 e. The molecule has 15 heavy (non-hydrogen) atoms. The number of hydrogen-bond acceptors (Lipinski definition) is 2. The third kappa shape index (κ3) is 2.56. The van der Waals surface area contributed by atoms with Crippen molar-refractivity contribution >= 4 is 21.8 Å². The van der Waals surface area contributed by atoms with E-state index >= 15 is 0 Å². The SMILES string of the molecule is CCC1CC1NC(=O)c1cccc(Br)n1. The number of carbonyl (C=O) groups is 1. The maximum absolute atomic E-state index is 11.7. The number of nitrogens with zero attached hydrogens (tertiary/aromatic N) is 1. The minimum atomic E-state index is -0.0720. The molecule has 1 N–H and O–H groups in total. The van der Waals surface area contributed by atoms with Crippen molar-refractivity contribution in [1.82, 2.24) is 10.3 Å².